The predicted octanol–water partition coefficient (Wildman–Crippen LogP) is 2.77. The van der Waals surface area contributed by atoms with Crippen LogP contribution in [0.1, 0.15) is 20.3 Å². The molecule has 10 heteroatoms. The van der Waals surface area contributed by atoms with E-state index in [0.29, 0.717) is 18.1 Å². The van der Waals surface area contributed by atoms with Crippen molar-refractivity contribution in [2.24, 2.45) is 5.92 Å². The molecule has 1 heterocycles. The van der Waals surface area contributed by atoms with E-state index in [-0.39, 0.29) is 11.9 Å². The molecular weight excluding hydrogens is 377 g/mol. The standard InChI is InChI=1S/C12H16Cl3NO5S/c1-3-19-8(22)4-7-9(10(17)16-7)6(2)21-11(18)20-5-12(13,14)15/h6-7,9H,3-5H2,1-2H3,(H,16,17)/t6?,7-,9-/m1/s1. The highest BCUT2D eigenvalue weighted by atomic mass is 35.6. The van der Waals surface area contributed by atoms with Crippen LogP contribution in [-0.4, -0.2) is 46.3 Å². The van der Waals surface area contributed by atoms with Gasteiger partial charge in [-0.15, -0.1) is 0 Å². The van der Waals surface area contributed by atoms with E-state index in [1.54, 1.807) is 6.92 Å². The number of nitrogens with one attached hydrogen (secondary N) is 1. The number of amides is 1. The third-order valence-electron chi connectivity index (χ3n) is 2.90. The van der Waals surface area contributed by atoms with Crippen LogP contribution >= 0.6 is 47.0 Å². The van der Waals surface area contributed by atoms with Crippen molar-refractivity contribution in [2.45, 2.75) is 36.2 Å². The first-order chi connectivity index (χ1) is 10.1. The molecule has 6 nitrogen and oxygen atoms in total. The summed E-state index contributed by atoms with van der Waals surface area (Å²) in [5.74, 6) is -0.760. The molecular formula is C12H16Cl3NO5S. The minimum Gasteiger partial charge on any atom is -0.487 e. The molecule has 126 valence electrons. The van der Waals surface area contributed by atoms with Crippen molar-refractivity contribution in [3.63, 3.8) is 0 Å². The maximum absolute atomic E-state index is 11.6. The number of thiocarbonyl (C=S) groups is 1. The molecule has 1 aliphatic heterocycles. The zero-order chi connectivity index (χ0) is 16.9. The maximum Gasteiger partial charge on any atom is 0.508 e. The van der Waals surface area contributed by atoms with E-state index < -0.39 is 28.6 Å². The van der Waals surface area contributed by atoms with Crippen molar-refractivity contribution in [3.8, 4) is 0 Å². The second-order valence-electron chi connectivity index (χ2n) is 4.63. The molecule has 1 aliphatic rings. The predicted molar refractivity (Wildman–Crippen MR) is 86.4 cm³/mol. The second kappa shape index (κ2) is 8.38. The van der Waals surface area contributed by atoms with E-state index in [4.69, 9.17) is 56.5 Å². The molecule has 0 aromatic carbocycles. The summed E-state index contributed by atoms with van der Waals surface area (Å²) < 4.78 is 13.1. The van der Waals surface area contributed by atoms with Gasteiger partial charge in [0.05, 0.1) is 18.6 Å². The average molecular weight is 393 g/mol. The van der Waals surface area contributed by atoms with Gasteiger partial charge >= 0.3 is 6.16 Å². The van der Waals surface area contributed by atoms with Crippen LogP contribution in [0.2, 0.25) is 0 Å². The highest BCUT2D eigenvalue weighted by Crippen LogP contribution is 2.27. The van der Waals surface area contributed by atoms with E-state index in [2.05, 4.69) is 10.1 Å². The first kappa shape index (κ1) is 19.5. The first-order valence-corrected chi connectivity index (χ1v) is 8.04. The van der Waals surface area contributed by atoms with Crippen LogP contribution in [-0.2, 0) is 19.0 Å². The summed E-state index contributed by atoms with van der Waals surface area (Å²) in [6.07, 6.45) is -1.34. The SMILES string of the molecule is CCOC(=S)C[C@H]1NC(=O)[C@@H]1C(C)OC(=O)OCC(Cl)(Cl)Cl. The summed E-state index contributed by atoms with van der Waals surface area (Å²) in [6.45, 7) is 3.41. The van der Waals surface area contributed by atoms with Gasteiger partial charge in [0.25, 0.3) is 0 Å². The van der Waals surface area contributed by atoms with E-state index in [1.807, 2.05) is 6.92 Å². The Labute approximate surface area is 148 Å². The Morgan fingerprint density at radius 2 is 2.05 bits per heavy atom. The van der Waals surface area contributed by atoms with Gasteiger partial charge in [-0.1, -0.05) is 34.8 Å². The van der Waals surface area contributed by atoms with E-state index >= 15 is 0 Å². The van der Waals surface area contributed by atoms with Gasteiger partial charge in [0.15, 0.2) is 5.05 Å². The highest BCUT2D eigenvalue weighted by molar-refractivity contribution is 7.80. The summed E-state index contributed by atoms with van der Waals surface area (Å²) in [4.78, 5) is 23.1. The Balaban J connectivity index is 2.45. The molecule has 0 bridgehead atoms. The molecule has 1 N–H and O–H groups in total. The fourth-order valence-electron chi connectivity index (χ4n) is 1.97. The Hall–Kier alpha value is -0.500. The molecule has 0 aromatic heterocycles. The molecule has 1 rings (SSSR count). The monoisotopic (exact) mass is 391 g/mol. The van der Waals surface area contributed by atoms with Crippen molar-refractivity contribution >= 4 is 64.1 Å². The van der Waals surface area contributed by atoms with Crippen LogP contribution < -0.4 is 5.32 Å². The lowest BCUT2D eigenvalue weighted by Gasteiger charge is -2.39. The first-order valence-electron chi connectivity index (χ1n) is 6.50. The van der Waals surface area contributed by atoms with Crippen molar-refractivity contribution in [2.75, 3.05) is 13.2 Å². The highest BCUT2D eigenvalue weighted by Gasteiger charge is 2.45. The number of ether oxygens (including phenoxy) is 3. The van der Waals surface area contributed by atoms with E-state index in [1.165, 1.54) is 0 Å². The van der Waals surface area contributed by atoms with Crippen LogP contribution in [0.3, 0.4) is 0 Å². The quantitative estimate of drug-likeness (QED) is 0.324. The van der Waals surface area contributed by atoms with Gasteiger partial charge in [-0.05, 0) is 26.1 Å². The van der Waals surface area contributed by atoms with Gasteiger partial charge in [-0.25, -0.2) is 4.79 Å². The molecule has 1 unspecified atom stereocenters. The number of carbonyl (C=O) groups excluding carboxylic acids is 2. The van der Waals surface area contributed by atoms with E-state index in [9.17, 15) is 9.59 Å². The summed E-state index contributed by atoms with van der Waals surface area (Å²) in [6, 6.07) is -0.248. The van der Waals surface area contributed by atoms with Crippen LogP contribution in [0.25, 0.3) is 0 Å². The summed E-state index contributed by atoms with van der Waals surface area (Å²) in [5, 5.41) is 3.08. The molecule has 0 aromatic rings. The fraction of sp³-hybridized carbons (Fsp3) is 0.750. The molecule has 0 saturated carbocycles. The zero-order valence-corrected chi connectivity index (χ0v) is 15.0. The largest absolute Gasteiger partial charge is 0.508 e. The number of alkyl halides is 3. The summed E-state index contributed by atoms with van der Waals surface area (Å²) in [5.41, 5.74) is 0. The van der Waals surface area contributed by atoms with Crippen LogP contribution in [0.4, 0.5) is 4.79 Å². The van der Waals surface area contributed by atoms with Crippen molar-refractivity contribution < 1.29 is 23.8 Å². The Kier molecular flexibility index (Phi) is 7.45. The number of hydrogen-bond acceptors (Lipinski definition) is 6. The topological polar surface area (TPSA) is 73.9 Å². The Bertz CT molecular complexity index is 443. The number of halogens is 3. The molecule has 0 radical (unpaired) electrons. The smallest absolute Gasteiger partial charge is 0.487 e. The van der Waals surface area contributed by atoms with Crippen LogP contribution in [0, 0.1) is 5.92 Å². The molecule has 1 fully saturated rings. The third-order valence-corrected chi connectivity index (χ3v) is 3.51. The molecule has 1 saturated heterocycles. The Morgan fingerprint density at radius 1 is 1.41 bits per heavy atom. The van der Waals surface area contributed by atoms with Crippen molar-refractivity contribution in [1.29, 1.82) is 0 Å². The van der Waals surface area contributed by atoms with Gasteiger partial charge in [-0.3, -0.25) is 4.79 Å². The molecule has 3 atom stereocenters. The lowest BCUT2D eigenvalue weighted by molar-refractivity contribution is -0.141. The molecule has 0 aliphatic carbocycles. The Morgan fingerprint density at radius 3 is 2.55 bits per heavy atom. The van der Waals surface area contributed by atoms with E-state index in [0.717, 1.165) is 0 Å². The van der Waals surface area contributed by atoms with Gasteiger partial charge in [0.2, 0.25) is 9.70 Å². The second-order valence-corrected chi connectivity index (χ2v) is 7.60. The van der Waals surface area contributed by atoms with Gasteiger partial charge in [0, 0.05) is 6.42 Å². The van der Waals surface area contributed by atoms with Gasteiger partial charge in [-0.2, -0.15) is 0 Å². The summed E-state index contributed by atoms with van der Waals surface area (Å²) in [7, 11) is 0. The van der Waals surface area contributed by atoms with Crippen molar-refractivity contribution in [3.05, 3.63) is 0 Å². The molecule has 0 spiro atoms. The normalized spacial score (nSPS) is 22.1. The summed E-state index contributed by atoms with van der Waals surface area (Å²) >= 11 is 21.4. The molecule has 1 amide bonds. The maximum atomic E-state index is 11.6. The number of hydrogen-bond donors (Lipinski definition) is 1. The lowest BCUT2D eigenvalue weighted by atomic mass is 9.84. The van der Waals surface area contributed by atoms with Gasteiger partial charge < -0.3 is 19.5 Å². The number of carbonyl (C=O) groups is 2. The zero-order valence-electron chi connectivity index (χ0n) is 11.9. The number of β-lactam (4-membered cyclic amide) rings is 1. The van der Waals surface area contributed by atoms with Crippen LogP contribution in [0.5, 0.6) is 0 Å². The minimum atomic E-state index is -1.72. The lowest BCUT2D eigenvalue weighted by Crippen LogP contribution is -2.63. The molecule has 22 heavy (non-hydrogen) atoms. The third kappa shape index (κ3) is 6.32. The number of rotatable bonds is 6. The van der Waals surface area contributed by atoms with Crippen molar-refractivity contribution in [1.82, 2.24) is 5.32 Å². The van der Waals surface area contributed by atoms with Gasteiger partial charge in [0.1, 0.15) is 12.7 Å². The minimum absolute atomic E-state index is 0.231. The van der Waals surface area contributed by atoms with Crippen LogP contribution in [0.15, 0.2) is 0 Å². The average Bonchev–Trinajstić information content (AvgIpc) is 2.34. The fourth-order valence-corrected chi connectivity index (χ4v) is 2.43.